The summed E-state index contributed by atoms with van der Waals surface area (Å²) >= 11 is 0. The number of hydrogen-bond donors (Lipinski definition) is 1. The number of rotatable bonds is 3. The average Bonchev–Trinajstić information content (AvgIpc) is 2.35. The summed E-state index contributed by atoms with van der Waals surface area (Å²) in [4.78, 5) is 0. The van der Waals surface area contributed by atoms with Crippen LogP contribution in [0.15, 0.2) is 18.2 Å². The summed E-state index contributed by atoms with van der Waals surface area (Å²) in [5, 5.41) is 3.94. The standard InChI is InChI=1S/C19H27N/c1-12-3-13(2)5-16(4-12)11-20-19-17-7-14-6-15(9-17)10-18(19)8-14/h3-5,14-15,17-20H,6-11H2,1-2H3. The van der Waals surface area contributed by atoms with Crippen LogP contribution in [0.1, 0.15) is 48.8 Å². The lowest BCUT2D eigenvalue weighted by molar-refractivity contribution is -0.0142. The quantitative estimate of drug-likeness (QED) is 0.866. The van der Waals surface area contributed by atoms with E-state index in [1.54, 1.807) is 6.42 Å². The van der Waals surface area contributed by atoms with Gasteiger partial charge in [0.15, 0.2) is 0 Å². The van der Waals surface area contributed by atoms with Crippen LogP contribution in [0, 0.1) is 37.5 Å². The molecule has 1 aromatic rings. The van der Waals surface area contributed by atoms with Gasteiger partial charge in [-0.3, -0.25) is 0 Å². The van der Waals surface area contributed by atoms with Crippen LogP contribution in [0.5, 0.6) is 0 Å². The molecule has 0 saturated heterocycles. The first-order valence-corrected chi connectivity index (χ1v) is 8.48. The first-order valence-electron chi connectivity index (χ1n) is 8.48. The maximum absolute atomic E-state index is 3.94. The Morgan fingerprint density at radius 3 is 1.95 bits per heavy atom. The summed E-state index contributed by atoms with van der Waals surface area (Å²) in [7, 11) is 0. The molecule has 0 radical (unpaired) electrons. The van der Waals surface area contributed by atoms with E-state index in [1.807, 2.05) is 0 Å². The van der Waals surface area contributed by atoms with Crippen molar-refractivity contribution in [2.24, 2.45) is 23.7 Å². The van der Waals surface area contributed by atoms with Crippen molar-refractivity contribution in [1.82, 2.24) is 5.32 Å². The van der Waals surface area contributed by atoms with Gasteiger partial charge in [0, 0.05) is 12.6 Å². The molecule has 4 fully saturated rings. The van der Waals surface area contributed by atoms with E-state index >= 15 is 0 Å². The molecule has 0 heterocycles. The highest BCUT2D eigenvalue weighted by Crippen LogP contribution is 2.53. The SMILES string of the molecule is Cc1cc(C)cc(CNC2C3CC4CC(C3)CC2C4)c1. The highest BCUT2D eigenvalue weighted by Gasteiger charge is 2.47. The number of aryl methyl sites for hydroxylation is 2. The van der Waals surface area contributed by atoms with Crippen molar-refractivity contribution in [2.75, 3.05) is 0 Å². The van der Waals surface area contributed by atoms with Crippen molar-refractivity contribution in [2.45, 2.75) is 58.5 Å². The van der Waals surface area contributed by atoms with Gasteiger partial charge in [0.25, 0.3) is 0 Å². The zero-order valence-corrected chi connectivity index (χ0v) is 12.9. The van der Waals surface area contributed by atoms with Gasteiger partial charge in [-0.25, -0.2) is 0 Å². The third-order valence-electron chi connectivity index (χ3n) is 6.05. The minimum atomic E-state index is 0.809. The maximum atomic E-state index is 3.94. The van der Waals surface area contributed by atoms with Crippen LogP contribution in [0.3, 0.4) is 0 Å². The molecule has 0 spiro atoms. The molecule has 5 rings (SSSR count). The second kappa shape index (κ2) is 4.87. The Kier molecular flexibility index (Phi) is 3.14. The highest BCUT2D eigenvalue weighted by atomic mass is 14.9. The molecule has 0 unspecified atom stereocenters. The molecule has 1 heteroatoms. The zero-order valence-electron chi connectivity index (χ0n) is 12.9. The molecule has 1 N–H and O–H groups in total. The molecular formula is C19H27N. The van der Waals surface area contributed by atoms with Crippen molar-refractivity contribution < 1.29 is 0 Å². The summed E-state index contributed by atoms with van der Waals surface area (Å²) in [5.41, 5.74) is 4.26. The van der Waals surface area contributed by atoms with E-state index in [4.69, 9.17) is 0 Å². The van der Waals surface area contributed by atoms with Crippen LogP contribution < -0.4 is 5.32 Å². The highest BCUT2D eigenvalue weighted by molar-refractivity contribution is 5.28. The van der Waals surface area contributed by atoms with Gasteiger partial charge in [0.1, 0.15) is 0 Å². The Labute approximate surface area is 123 Å². The van der Waals surface area contributed by atoms with Crippen molar-refractivity contribution in [1.29, 1.82) is 0 Å². The third-order valence-corrected chi connectivity index (χ3v) is 6.05. The van der Waals surface area contributed by atoms with E-state index in [1.165, 1.54) is 42.4 Å². The van der Waals surface area contributed by atoms with Gasteiger partial charge < -0.3 is 5.32 Å². The van der Waals surface area contributed by atoms with Crippen molar-refractivity contribution in [3.63, 3.8) is 0 Å². The summed E-state index contributed by atoms with van der Waals surface area (Å²) in [6.45, 7) is 5.48. The molecule has 4 aliphatic rings. The molecule has 1 aromatic carbocycles. The normalized spacial score (nSPS) is 38.4. The summed E-state index contributed by atoms with van der Waals surface area (Å²) in [6, 6.07) is 7.77. The van der Waals surface area contributed by atoms with Crippen molar-refractivity contribution in [3.05, 3.63) is 34.9 Å². The van der Waals surface area contributed by atoms with Gasteiger partial charge in [0.05, 0.1) is 0 Å². The molecule has 4 saturated carbocycles. The molecule has 0 amide bonds. The molecule has 0 aromatic heterocycles. The Bertz CT molecular complexity index is 456. The lowest BCUT2D eigenvalue weighted by Crippen LogP contribution is -2.54. The Morgan fingerprint density at radius 2 is 1.40 bits per heavy atom. The van der Waals surface area contributed by atoms with E-state index in [-0.39, 0.29) is 0 Å². The van der Waals surface area contributed by atoms with Crippen LogP contribution >= 0.6 is 0 Å². The predicted octanol–water partition coefficient (Wildman–Crippen LogP) is 4.22. The Balaban J connectivity index is 1.44. The molecule has 0 atom stereocenters. The first-order chi connectivity index (χ1) is 9.67. The lowest BCUT2D eigenvalue weighted by atomic mass is 9.54. The minimum Gasteiger partial charge on any atom is -0.309 e. The van der Waals surface area contributed by atoms with Gasteiger partial charge in [-0.2, -0.15) is 0 Å². The molecule has 20 heavy (non-hydrogen) atoms. The Hall–Kier alpha value is -0.820. The van der Waals surface area contributed by atoms with Gasteiger partial charge in [0.2, 0.25) is 0 Å². The summed E-state index contributed by atoms with van der Waals surface area (Å²) in [5.74, 6) is 4.13. The van der Waals surface area contributed by atoms with Crippen LogP contribution in [-0.2, 0) is 6.54 Å². The second-order valence-corrected chi connectivity index (χ2v) is 7.83. The summed E-state index contributed by atoms with van der Waals surface area (Å²) < 4.78 is 0. The average molecular weight is 269 g/mol. The Morgan fingerprint density at radius 1 is 0.850 bits per heavy atom. The molecule has 4 aliphatic carbocycles. The summed E-state index contributed by atoms with van der Waals surface area (Å²) in [6.07, 6.45) is 7.60. The predicted molar refractivity (Wildman–Crippen MR) is 83.6 cm³/mol. The van der Waals surface area contributed by atoms with Gasteiger partial charge in [-0.05, 0) is 75.2 Å². The van der Waals surface area contributed by atoms with Crippen molar-refractivity contribution in [3.8, 4) is 0 Å². The fourth-order valence-corrected chi connectivity index (χ4v) is 5.67. The monoisotopic (exact) mass is 269 g/mol. The smallest absolute Gasteiger partial charge is 0.0208 e. The van der Waals surface area contributed by atoms with E-state index in [9.17, 15) is 0 Å². The van der Waals surface area contributed by atoms with Crippen LogP contribution in [0.4, 0.5) is 0 Å². The van der Waals surface area contributed by atoms with E-state index in [0.29, 0.717) is 0 Å². The molecular weight excluding hydrogens is 242 g/mol. The number of hydrogen-bond acceptors (Lipinski definition) is 1. The van der Waals surface area contributed by atoms with E-state index in [0.717, 1.165) is 36.3 Å². The topological polar surface area (TPSA) is 12.0 Å². The maximum Gasteiger partial charge on any atom is 0.0208 e. The lowest BCUT2D eigenvalue weighted by Gasteiger charge is -2.54. The van der Waals surface area contributed by atoms with Gasteiger partial charge in [-0.15, -0.1) is 0 Å². The van der Waals surface area contributed by atoms with Crippen LogP contribution in [-0.4, -0.2) is 6.04 Å². The van der Waals surface area contributed by atoms with Gasteiger partial charge in [-0.1, -0.05) is 29.3 Å². The molecule has 0 aliphatic heterocycles. The van der Waals surface area contributed by atoms with E-state index < -0.39 is 0 Å². The first kappa shape index (κ1) is 12.9. The van der Waals surface area contributed by atoms with Crippen LogP contribution in [0.2, 0.25) is 0 Å². The van der Waals surface area contributed by atoms with E-state index in [2.05, 4.69) is 37.4 Å². The number of benzene rings is 1. The number of nitrogens with one attached hydrogen (secondary N) is 1. The van der Waals surface area contributed by atoms with Crippen LogP contribution in [0.25, 0.3) is 0 Å². The molecule has 108 valence electrons. The minimum absolute atomic E-state index is 0.809. The van der Waals surface area contributed by atoms with Gasteiger partial charge >= 0.3 is 0 Å². The van der Waals surface area contributed by atoms with Crippen molar-refractivity contribution >= 4 is 0 Å². The molecule has 1 nitrogen and oxygen atoms in total. The fraction of sp³-hybridized carbons (Fsp3) is 0.684. The third kappa shape index (κ3) is 2.30. The zero-order chi connectivity index (χ0) is 13.7. The second-order valence-electron chi connectivity index (χ2n) is 7.83. The largest absolute Gasteiger partial charge is 0.309 e. The fourth-order valence-electron chi connectivity index (χ4n) is 5.67. The molecule has 4 bridgehead atoms.